The van der Waals surface area contributed by atoms with E-state index >= 15 is 0 Å². The van der Waals surface area contributed by atoms with E-state index in [0.717, 1.165) is 18.4 Å². The molecule has 78 valence electrons. The lowest BCUT2D eigenvalue weighted by molar-refractivity contribution is 0.0879. The van der Waals surface area contributed by atoms with E-state index in [0.29, 0.717) is 16.1 Å². The van der Waals surface area contributed by atoms with Gasteiger partial charge in [-0.3, -0.25) is 14.9 Å². The Morgan fingerprint density at radius 2 is 2.00 bits per heavy atom. The van der Waals surface area contributed by atoms with Crippen LogP contribution in [0.1, 0.15) is 39.6 Å². The second-order valence-electron chi connectivity index (χ2n) is 3.52. The zero-order chi connectivity index (χ0) is 11.0. The molecule has 1 aromatic carbocycles. The van der Waals surface area contributed by atoms with Crippen molar-refractivity contribution in [1.82, 2.24) is 5.32 Å². The van der Waals surface area contributed by atoms with Crippen LogP contribution in [0.3, 0.4) is 0 Å². The number of benzene rings is 1. The van der Waals surface area contributed by atoms with E-state index in [1.54, 1.807) is 6.07 Å². The first kappa shape index (κ1) is 10.2. The summed E-state index contributed by atoms with van der Waals surface area (Å²) in [4.78, 5) is 22.9. The van der Waals surface area contributed by atoms with E-state index in [1.807, 2.05) is 6.92 Å². The second kappa shape index (κ2) is 3.66. The van der Waals surface area contributed by atoms with E-state index in [4.69, 9.17) is 11.6 Å². The fourth-order valence-electron chi connectivity index (χ4n) is 1.81. The third kappa shape index (κ3) is 1.63. The van der Waals surface area contributed by atoms with Crippen LogP contribution in [0.4, 0.5) is 0 Å². The minimum atomic E-state index is -0.352. The molecule has 0 bridgehead atoms. The summed E-state index contributed by atoms with van der Waals surface area (Å²) < 4.78 is 0. The predicted molar refractivity (Wildman–Crippen MR) is 57.2 cm³/mol. The maximum atomic E-state index is 11.5. The highest BCUT2D eigenvalue weighted by molar-refractivity contribution is 6.32. The number of halogens is 1. The summed E-state index contributed by atoms with van der Waals surface area (Å²) in [6.07, 6.45) is 1.66. The maximum Gasteiger partial charge on any atom is 0.259 e. The summed E-state index contributed by atoms with van der Waals surface area (Å²) in [5, 5.41) is 2.77. The average molecular weight is 224 g/mol. The van der Waals surface area contributed by atoms with E-state index in [-0.39, 0.29) is 11.8 Å². The van der Waals surface area contributed by atoms with Gasteiger partial charge < -0.3 is 0 Å². The number of aryl methyl sites for hydroxylation is 1. The van der Waals surface area contributed by atoms with Crippen molar-refractivity contribution < 1.29 is 9.59 Å². The molecule has 0 aromatic heterocycles. The number of amides is 2. The highest BCUT2D eigenvalue weighted by atomic mass is 35.5. The van der Waals surface area contributed by atoms with Crippen LogP contribution in [0.15, 0.2) is 12.1 Å². The fraction of sp³-hybridized carbons (Fsp3) is 0.273. The Labute approximate surface area is 92.4 Å². The molecule has 1 aliphatic heterocycles. The molecule has 0 atom stereocenters. The molecule has 0 fully saturated rings. The van der Waals surface area contributed by atoms with Crippen molar-refractivity contribution in [1.29, 1.82) is 0 Å². The number of carbonyl (C=O) groups is 2. The molecule has 0 radical (unpaired) electrons. The number of carbonyl (C=O) groups excluding carboxylic acids is 2. The fourth-order valence-corrected chi connectivity index (χ4v) is 2.05. The van der Waals surface area contributed by atoms with Gasteiger partial charge in [0.2, 0.25) is 0 Å². The van der Waals surface area contributed by atoms with Crippen molar-refractivity contribution in [2.45, 2.75) is 19.8 Å². The van der Waals surface area contributed by atoms with Crippen LogP contribution in [0.5, 0.6) is 0 Å². The summed E-state index contributed by atoms with van der Waals surface area (Å²) in [6, 6.07) is 3.29. The van der Waals surface area contributed by atoms with Gasteiger partial charge >= 0.3 is 0 Å². The molecule has 0 aliphatic carbocycles. The van der Waals surface area contributed by atoms with E-state index in [9.17, 15) is 9.59 Å². The molecule has 2 amide bonds. The molecule has 1 N–H and O–H groups in total. The van der Waals surface area contributed by atoms with E-state index < -0.39 is 0 Å². The van der Waals surface area contributed by atoms with Crippen LogP contribution >= 0.6 is 11.6 Å². The van der Waals surface area contributed by atoms with Gasteiger partial charge in [0.25, 0.3) is 11.8 Å². The second-order valence-corrected chi connectivity index (χ2v) is 3.96. The normalized spacial score (nSPS) is 14.0. The van der Waals surface area contributed by atoms with Gasteiger partial charge in [-0.25, -0.2) is 0 Å². The van der Waals surface area contributed by atoms with E-state index in [2.05, 4.69) is 5.32 Å². The molecule has 15 heavy (non-hydrogen) atoms. The number of hydrogen-bond acceptors (Lipinski definition) is 2. The number of rotatable bonds is 2. The predicted octanol–water partition coefficient (Wildman–Crippen LogP) is 2.18. The van der Waals surface area contributed by atoms with Crippen molar-refractivity contribution in [2.24, 2.45) is 0 Å². The lowest BCUT2D eigenvalue weighted by atomic mass is 9.99. The van der Waals surface area contributed by atoms with Gasteiger partial charge in [0.15, 0.2) is 0 Å². The molecule has 1 aliphatic rings. The van der Waals surface area contributed by atoms with Crippen LogP contribution in [0.2, 0.25) is 5.02 Å². The minimum Gasteiger partial charge on any atom is -0.288 e. The van der Waals surface area contributed by atoms with Gasteiger partial charge in [-0.2, -0.15) is 0 Å². The Morgan fingerprint density at radius 3 is 2.67 bits per heavy atom. The topological polar surface area (TPSA) is 46.2 Å². The van der Waals surface area contributed by atoms with Crippen LogP contribution in [0.25, 0.3) is 0 Å². The Bertz CT molecular complexity index is 454. The third-order valence-electron chi connectivity index (χ3n) is 2.40. The first-order chi connectivity index (χ1) is 7.13. The number of fused-ring (bicyclic) bond motifs is 1. The van der Waals surface area contributed by atoms with Gasteiger partial charge in [-0.1, -0.05) is 24.9 Å². The van der Waals surface area contributed by atoms with Crippen LogP contribution in [0, 0.1) is 0 Å². The van der Waals surface area contributed by atoms with Crippen LogP contribution in [-0.2, 0) is 6.42 Å². The molecular formula is C11H10ClNO2. The Kier molecular flexibility index (Phi) is 2.49. The number of hydrogen-bond donors (Lipinski definition) is 1. The lowest BCUT2D eigenvalue weighted by Crippen LogP contribution is -2.20. The van der Waals surface area contributed by atoms with Crippen molar-refractivity contribution in [2.75, 3.05) is 0 Å². The zero-order valence-corrected chi connectivity index (χ0v) is 9.02. The van der Waals surface area contributed by atoms with Gasteiger partial charge in [-0.05, 0) is 24.1 Å². The largest absolute Gasteiger partial charge is 0.288 e. The molecule has 0 saturated carbocycles. The molecule has 0 unspecified atom stereocenters. The molecule has 4 heteroatoms. The quantitative estimate of drug-likeness (QED) is 0.782. The monoisotopic (exact) mass is 223 g/mol. The minimum absolute atomic E-state index is 0.310. The lowest BCUT2D eigenvalue weighted by Gasteiger charge is -2.04. The van der Waals surface area contributed by atoms with Gasteiger partial charge in [-0.15, -0.1) is 0 Å². The van der Waals surface area contributed by atoms with Gasteiger partial charge in [0.1, 0.15) is 0 Å². The standard InChI is InChI=1S/C11H10ClNO2/c1-2-3-6-4-7(12)5-8-9(6)11(15)13-10(8)14/h4-5H,2-3H2,1H3,(H,13,14,15). The molecule has 3 nitrogen and oxygen atoms in total. The van der Waals surface area contributed by atoms with Crippen LogP contribution < -0.4 is 5.32 Å². The van der Waals surface area contributed by atoms with Crippen molar-refractivity contribution >= 4 is 23.4 Å². The first-order valence-corrected chi connectivity index (χ1v) is 5.19. The third-order valence-corrected chi connectivity index (χ3v) is 2.62. The Hall–Kier alpha value is -1.35. The van der Waals surface area contributed by atoms with Crippen molar-refractivity contribution in [3.8, 4) is 0 Å². The Morgan fingerprint density at radius 1 is 1.27 bits per heavy atom. The molecule has 2 rings (SSSR count). The number of imide groups is 1. The molecule has 1 aromatic rings. The van der Waals surface area contributed by atoms with Crippen LogP contribution in [-0.4, -0.2) is 11.8 Å². The summed E-state index contributed by atoms with van der Waals surface area (Å²) in [6.45, 7) is 2.02. The molecule has 0 saturated heterocycles. The summed E-state index contributed by atoms with van der Waals surface area (Å²) >= 11 is 5.89. The summed E-state index contributed by atoms with van der Waals surface area (Å²) in [7, 11) is 0. The molecular weight excluding hydrogens is 214 g/mol. The van der Waals surface area contributed by atoms with E-state index in [1.165, 1.54) is 6.07 Å². The maximum absolute atomic E-state index is 11.5. The highest BCUT2D eigenvalue weighted by Gasteiger charge is 2.29. The first-order valence-electron chi connectivity index (χ1n) is 4.81. The molecule has 0 spiro atoms. The smallest absolute Gasteiger partial charge is 0.259 e. The zero-order valence-electron chi connectivity index (χ0n) is 8.26. The summed E-state index contributed by atoms with van der Waals surface area (Å²) in [5.41, 5.74) is 1.74. The van der Waals surface area contributed by atoms with Gasteiger partial charge in [0, 0.05) is 5.02 Å². The average Bonchev–Trinajstić information content (AvgIpc) is 2.42. The van der Waals surface area contributed by atoms with Gasteiger partial charge in [0.05, 0.1) is 11.1 Å². The van der Waals surface area contributed by atoms with Crippen molar-refractivity contribution in [3.63, 3.8) is 0 Å². The number of nitrogens with one attached hydrogen (secondary N) is 1. The Balaban J connectivity index is 2.62. The summed E-state index contributed by atoms with van der Waals surface area (Å²) in [5.74, 6) is -0.662. The van der Waals surface area contributed by atoms with Crippen molar-refractivity contribution in [3.05, 3.63) is 33.8 Å². The SMILES string of the molecule is CCCc1cc(Cl)cc2c1C(=O)NC2=O. The highest BCUT2D eigenvalue weighted by Crippen LogP contribution is 2.25. The molecule has 1 heterocycles.